The van der Waals surface area contributed by atoms with Crippen LogP contribution < -0.4 is 5.32 Å². The second-order valence-corrected chi connectivity index (χ2v) is 11.3. The van der Waals surface area contributed by atoms with Gasteiger partial charge in [-0.25, -0.2) is 0 Å². The van der Waals surface area contributed by atoms with Crippen molar-refractivity contribution < 1.29 is 40.7 Å². The Morgan fingerprint density at radius 1 is 1.04 bits per heavy atom. The summed E-state index contributed by atoms with van der Waals surface area (Å²) < 4.78 is 88.2. The fourth-order valence-corrected chi connectivity index (χ4v) is 6.17. The highest BCUT2D eigenvalue weighted by Gasteiger charge is 2.52. The monoisotopic (exact) mass is 635 g/mol. The first-order chi connectivity index (χ1) is 21.3. The van der Waals surface area contributed by atoms with E-state index >= 15 is 0 Å². The fourth-order valence-electron chi connectivity index (χ4n) is 6.17. The fraction of sp³-hybridized carbons (Fsp3) is 0.414. The quantitative estimate of drug-likeness (QED) is 0.393. The molecule has 0 spiro atoms. The first-order valence-corrected chi connectivity index (χ1v) is 14.1. The minimum absolute atomic E-state index is 0.0345. The van der Waals surface area contributed by atoms with E-state index < -0.39 is 53.2 Å². The van der Waals surface area contributed by atoms with Crippen molar-refractivity contribution in [3.8, 4) is 0 Å². The smallest absolute Gasteiger partial charge is 0.381 e. The highest BCUT2D eigenvalue weighted by atomic mass is 19.4. The Labute approximate surface area is 252 Å². The predicted molar refractivity (Wildman–Crippen MR) is 144 cm³/mol. The Hall–Kier alpha value is -4.47. The van der Waals surface area contributed by atoms with Crippen LogP contribution in [0.5, 0.6) is 0 Å². The molecule has 0 bridgehead atoms. The van der Waals surface area contributed by atoms with Crippen molar-refractivity contribution in [2.24, 2.45) is 5.92 Å². The number of carbonyl (C=O) groups excluding carboxylic acids is 2. The van der Waals surface area contributed by atoms with E-state index in [0.29, 0.717) is 25.2 Å². The zero-order valence-corrected chi connectivity index (χ0v) is 23.6. The second-order valence-electron chi connectivity index (χ2n) is 11.3. The molecule has 3 aliphatic rings. The molecule has 0 aliphatic carbocycles. The first-order valence-electron chi connectivity index (χ1n) is 14.1. The number of fused-ring (bicyclic) bond motifs is 1. The number of halogens is 6. The standard InChI is InChI=1S/C29H27F6N7O3/c30-28(31,32)21-7-6-17(12-20(21)23(43)40-9-10-41-22(15-40)38-39-24(41)29(33,34)35)14-42-25(44)27(37-26(42)36,13-18-8-11-45-16-18)19-4-2-1-3-5-19/h1-7,12,18H,8-11,13-16H2,(H2,36,37)/t18-,27?/m0/s1. The van der Waals surface area contributed by atoms with E-state index in [9.17, 15) is 35.9 Å². The average molecular weight is 636 g/mol. The van der Waals surface area contributed by atoms with Crippen molar-refractivity contribution in [1.82, 2.24) is 29.9 Å². The van der Waals surface area contributed by atoms with Gasteiger partial charge in [-0.1, -0.05) is 36.4 Å². The Morgan fingerprint density at radius 2 is 1.80 bits per heavy atom. The molecule has 238 valence electrons. The van der Waals surface area contributed by atoms with E-state index in [1.807, 2.05) is 0 Å². The molecule has 3 aromatic rings. The maximum atomic E-state index is 14.1. The van der Waals surface area contributed by atoms with Crippen molar-refractivity contribution in [2.75, 3.05) is 19.8 Å². The Morgan fingerprint density at radius 3 is 2.47 bits per heavy atom. The molecule has 10 nitrogen and oxygen atoms in total. The van der Waals surface area contributed by atoms with E-state index in [-0.39, 0.29) is 42.9 Å². The van der Waals surface area contributed by atoms with E-state index in [4.69, 9.17) is 10.1 Å². The summed E-state index contributed by atoms with van der Waals surface area (Å²) in [6.45, 7) is -0.451. The number of ether oxygens (including phenoxy) is 1. The number of aromatic nitrogens is 3. The zero-order chi connectivity index (χ0) is 32.1. The molecule has 2 aromatic carbocycles. The molecule has 2 N–H and O–H groups in total. The van der Waals surface area contributed by atoms with E-state index in [0.717, 1.165) is 39.0 Å². The van der Waals surface area contributed by atoms with Gasteiger partial charge in [0, 0.05) is 26.3 Å². The molecule has 2 saturated heterocycles. The van der Waals surface area contributed by atoms with Gasteiger partial charge in [-0.15, -0.1) is 10.2 Å². The summed E-state index contributed by atoms with van der Waals surface area (Å²) in [5.41, 5.74) is -2.48. The van der Waals surface area contributed by atoms with Crippen LogP contribution in [0.2, 0.25) is 0 Å². The van der Waals surface area contributed by atoms with Gasteiger partial charge in [0.25, 0.3) is 11.8 Å². The Kier molecular flexibility index (Phi) is 7.57. The number of hydrogen-bond acceptors (Lipinski definition) is 6. The molecule has 3 aliphatic heterocycles. The third-order valence-electron chi connectivity index (χ3n) is 8.35. The van der Waals surface area contributed by atoms with Gasteiger partial charge < -0.3 is 19.5 Å². The molecule has 2 fully saturated rings. The van der Waals surface area contributed by atoms with Crippen LogP contribution in [0.4, 0.5) is 26.3 Å². The molecule has 2 amide bonds. The SMILES string of the molecule is N=C1NC(C[C@@H]2CCOC2)(c2ccccc2)C(=O)N1Cc1ccc(C(F)(F)F)c(C(=O)N2CCn3c(nnc3C(F)(F)F)C2)c1. The van der Waals surface area contributed by atoms with E-state index in [1.54, 1.807) is 30.3 Å². The number of nitrogens with zero attached hydrogens (tertiary/aromatic N) is 5. The van der Waals surface area contributed by atoms with Gasteiger partial charge in [0.15, 0.2) is 11.8 Å². The summed E-state index contributed by atoms with van der Waals surface area (Å²) in [4.78, 5) is 29.6. The second kappa shape index (κ2) is 11.2. The molecule has 6 rings (SSSR count). The lowest BCUT2D eigenvalue weighted by molar-refractivity contribution is -0.148. The average Bonchev–Trinajstić information content (AvgIpc) is 3.72. The lowest BCUT2D eigenvalue weighted by Gasteiger charge is -2.30. The van der Waals surface area contributed by atoms with Crippen LogP contribution in [-0.4, -0.2) is 62.1 Å². The van der Waals surface area contributed by atoms with Crippen LogP contribution in [-0.2, 0) is 47.1 Å². The van der Waals surface area contributed by atoms with Crippen LogP contribution in [0.15, 0.2) is 48.5 Å². The predicted octanol–water partition coefficient (Wildman–Crippen LogP) is 4.16. The number of guanidine groups is 1. The number of carbonyl (C=O) groups is 2. The number of nitrogens with one attached hydrogen (secondary N) is 2. The molecule has 4 heterocycles. The molecule has 45 heavy (non-hydrogen) atoms. The van der Waals surface area contributed by atoms with Gasteiger partial charge in [-0.2, -0.15) is 26.3 Å². The van der Waals surface area contributed by atoms with Crippen LogP contribution >= 0.6 is 0 Å². The maximum Gasteiger partial charge on any atom is 0.451 e. The summed E-state index contributed by atoms with van der Waals surface area (Å²) in [6, 6.07) is 11.7. The van der Waals surface area contributed by atoms with Gasteiger partial charge in [0.1, 0.15) is 5.54 Å². The normalized spacial score (nSPS) is 22.1. The molecular weight excluding hydrogens is 608 g/mol. The van der Waals surface area contributed by atoms with Crippen molar-refractivity contribution >= 4 is 17.8 Å². The van der Waals surface area contributed by atoms with Crippen LogP contribution in [0.25, 0.3) is 0 Å². The van der Waals surface area contributed by atoms with Crippen LogP contribution in [0, 0.1) is 11.3 Å². The third-order valence-corrected chi connectivity index (χ3v) is 8.35. The number of benzene rings is 2. The topological polar surface area (TPSA) is 116 Å². The lowest BCUT2D eigenvalue weighted by atomic mass is 9.81. The maximum absolute atomic E-state index is 14.1. The minimum Gasteiger partial charge on any atom is -0.381 e. The van der Waals surface area contributed by atoms with Crippen molar-refractivity contribution in [2.45, 2.75) is 50.4 Å². The number of rotatable bonds is 6. The third kappa shape index (κ3) is 5.62. The van der Waals surface area contributed by atoms with Gasteiger partial charge >= 0.3 is 12.4 Å². The molecule has 0 radical (unpaired) electrons. The molecular formula is C29H27F6N7O3. The highest BCUT2D eigenvalue weighted by Crippen LogP contribution is 2.39. The molecule has 1 aromatic heterocycles. The summed E-state index contributed by atoms with van der Waals surface area (Å²) in [5.74, 6) is -3.19. The molecule has 1 unspecified atom stereocenters. The van der Waals surface area contributed by atoms with Gasteiger partial charge in [-0.3, -0.25) is 19.9 Å². The lowest BCUT2D eigenvalue weighted by Crippen LogP contribution is -2.45. The van der Waals surface area contributed by atoms with E-state index in [1.165, 1.54) is 0 Å². The summed E-state index contributed by atoms with van der Waals surface area (Å²) in [6.07, 6.45) is -8.65. The van der Waals surface area contributed by atoms with Crippen molar-refractivity contribution in [3.05, 3.63) is 82.4 Å². The van der Waals surface area contributed by atoms with Gasteiger partial charge in [0.05, 0.1) is 24.2 Å². The molecule has 2 atom stereocenters. The highest BCUT2D eigenvalue weighted by molar-refractivity contribution is 6.08. The van der Waals surface area contributed by atoms with E-state index in [2.05, 4.69) is 15.5 Å². The number of hydrogen-bond donors (Lipinski definition) is 2. The van der Waals surface area contributed by atoms with Crippen molar-refractivity contribution in [1.29, 1.82) is 5.41 Å². The first kappa shape index (κ1) is 30.6. The Balaban J connectivity index is 1.29. The largest absolute Gasteiger partial charge is 0.451 e. The summed E-state index contributed by atoms with van der Waals surface area (Å²) in [7, 11) is 0. The summed E-state index contributed by atoms with van der Waals surface area (Å²) >= 11 is 0. The zero-order valence-electron chi connectivity index (χ0n) is 23.6. The molecule has 16 heteroatoms. The van der Waals surface area contributed by atoms with Gasteiger partial charge in [-0.05, 0) is 42.0 Å². The molecule has 0 saturated carbocycles. The van der Waals surface area contributed by atoms with Crippen LogP contribution in [0.3, 0.4) is 0 Å². The number of amides is 2. The Bertz CT molecular complexity index is 1640. The minimum atomic E-state index is -4.92. The van der Waals surface area contributed by atoms with Crippen molar-refractivity contribution in [3.63, 3.8) is 0 Å². The van der Waals surface area contributed by atoms with Gasteiger partial charge in [0.2, 0.25) is 5.82 Å². The number of alkyl halides is 6. The van der Waals surface area contributed by atoms with Crippen LogP contribution in [0.1, 0.15) is 51.5 Å². The summed E-state index contributed by atoms with van der Waals surface area (Å²) in [5, 5.41) is 18.3.